The second kappa shape index (κ2) is 8.45. The van der Waals surface area contributed by atoms with E-state index in [1.165, 1.54) is 12.1 Å². The van der Waals surface area contributed by atoms with E-state index in [1.807, 2.05) is 13.0 Å². The van der Waals surface area contributed by atoms with Crippen molar-refractivity contribution >= 4 is 40.6 Å². The minimum absolute atomic E-state index is 0.289. The number of amides is 1. The number of nitrogens with zero attached hydrogens (tertiary/aromatic N) is 3. The summed E-state index contributed by atoms with van der Waals surface area (Å²) in [6.07, 6.45) is -0.487. The SMILES string of the molecule is Cc1cc(NC(=O)C2CC(c3ccc(F)cc3)=NO2)nn1Cc1ccc(Cl)cc1Cl. The highest BCUT2D eigenvalue weighted by molar-refractivity contribution is 6.35. The number of oxime groups is 1. The van der Waals surface area contributed by atoms with Crippen LogP contribution in [0.2, 0.25) is 10.0 Å². The molecule has 0 bridgehead atoms. The molecule has 0 saturated carbocycles. The molecule has 6 nitrogen and oxygen atoms in total. The zero-order valence-corrected chi connectivity index (χ0v) is 17.4. The number of hydrogen-bond acceptors (Lipinski definition) is 4. The summed E-state index contributed by atoms with van der Waals surface area (Å²) >= 11 is 12.2. The average Bonchev–Trinajstić information content (AvgIpc) is 3.32. The third-order valence-electron chi connectivity index (χ3n) is 4.71. The Hall–Kier alpha value is -2.90. The Balaban J connectivity index is 1.40. The molecule has 1 aliphatic rings. The van der Waals surface area contributed by atoms with E-state index in [-0.39, 0.29) is 18.1 Å². The van der Waals surface area contributed by atoms with Crippen molar-refractivity contribution in [3.05, 3.63) is 81.2 Å². The van der Waals surface area contributed by atoms with Crippen molar-refractivity contribution in [3.8, 4) is 0 Å². The number of nitrogens with one attached hydrogen (secondary N) is 1. The second-order valence-electron chi connectivity index (χ2n) is 6.90. The van der Waals surface area contributed by atoms with Gasteiger partial charge in [0, 0.05) is 28.2 Å². The van der Waals surface area contributed by atoms with Crippen molar-refractivity contribution < 1.29 is 14.0 Å². The van der Waals surface area contributed by atoms with E-state index >= 15 is 0 Å². The molecule has 4 rings (SSSR count). The Morgan fingerprint density at radius 2 is 2.00 bits per heavy atom. The minimum Gasteiger partial charge on any atom is -0.382 e. The summed E-state index contributed by atoms with van der Waals surface area (Å²) in [5, 5.41) is 12.2. The van der Waals surface area contributed by atoms with Crippen LogP contribution in [0, 0.1) is 12.7 Å². The molecule has 30 heavy (non-hydrogen) atoms. The highest BCUT2D eigenvalue weighted by Gasteiger charge is 2.29. The van der Waals surface area contributed by atoms with E-state index in [4.69, 9.17) is 28.0 Å². The van der Waals surface area contributed by atoms with Crippen LogP contribution in [0.3, 0.4) is 0 Å². The zero-order valence-electron chi connectivity index (χ0n) is 15.9. The van der Waals surface area contributed by atoms with Crippen LogP contribution in [0.5, 0.6) is 0 Å². The third kappa shape index (κ3) is 4.47. The van der Waals surface area contributed by atoms with Crippen LogP contribution in [0.1, 0.15) is 23.2 Å². The molecule has 1 amide bonds. The molecule has 3 aromatic rings. The molecule has 0 spiro atoms. The number of benzene rings is 2. The molecule has 1 unspecified atom stereocenters. The molecule has 0 fully saturated rings. The quantitative estimate of drug-likeness (QED) is 0.610. The number of carbonyl (C=O) groups is 1. The molecular formula is C21H17Cl2FN4O2. The molecule has 1 aliphatic heterocycles. The van der Waals surface area contributed by atoms with Gasteiger partial charge in [0.15, 0.2) is 5.82 Å². The Morgan fingerprint density at radius 1 is 1.23 bits per heavy atom. The summed E-state index contributed by atoms with van der Waals surface area (Å²) in [4.78, 5) is 17.8. The standard InChI is InChI=1S/C21H17Cl2FN4O2/c1-12-8-20(26-28(12)11-14-2-5-15(22)9-17(14)23)25-21(29)19-10-18(27-30-19)13-3-6-16(24)7-4-13/h2-9,19H,10-11H2,1H3,(H,25,26,29). The molecular weight excluding hydrogens is 430 g/mol. The van der Waals surface area contributed by atoms with Gasteiger partial charge in [0.05, 0.1) is 12.3 Å². The van der Waals surface area contributed by atoms with Gasteiger partial charge in [-0.1, -0.05) is 46.6 Å². The Kier molecular flexibility index (Phi) is 5.74. The number of halogens is 3. The Morgan fingerprint density at radius 3 is 2.73 bits per heavy atom. The summed E-state index contributed by atoms with van der Waals surface area (Å²) in [5.74, 6) is -0.287. The fourth-order valence-corrected chi connectivity index (χ4v) is 3.55. The lowest BCUT2D eigenvalue weighted by atomic mass is 10.0. The van der Waals surface area contributed by atoms with E-state index in [2.05, 4.69) is 15.6 Å². The smallest absolute Gasteiger partial charge is 0.269 e. The van der Waals surface area contributed by atoms with E-state index < -0.39 is 6.10 Å². The number of anilines is 1. The predicted octanol–water partition coefficient (Wildman–Crippen LogP) is 4.82. The highest BCUT2D eigenvalue weighted by atomic mass is 35.5. The molecule has 1 atom stereocenters. The van der Waals surface area contributed by atoms with Crippen LogP contribution in [0.25, 0.3) is 0 Å². The van der Waals surface area contributed by atoms with Crippen molar-refractivity contribution in [1.29, 1.82) is 0 Å². The lowest BCUT2D eigenvalue weighted by molar-refractivity contribution is -0.125. The molecule has 154 valence electrons. The van der Waals surface area contributed by atoms with E-state index in [0.717, 1.165) is 11.3 Å². The van der Waals surface area contributed by atoms with Gasteiger partial charge in [0.1, 0.15) is 5.82 Å². The lowest BCUT2D eigenvalue weighted by Crippen LogP contribution is -2.28. The number of aryl methyl sites for hydroxylation is 1. The second-order valence-corrected chi connectivity index (χ2v) is 7.74. The van der Waals surface area contributed by atoms with Gasteiger partial charge in [0.25, 0.3) is 5.91 Å². The lowest BCUT2D eigenvalue weighted by Gasteiger charge is -2.08. The molecule has 2 heterocycles. The summed E-state index contributed by atoms with van der Waals surface area (Å²) in [5.41, 5.74) is 3.02. The fraction of sp³-hybridized carbons (Fsp3) is 0.190. The van der Waals surface area contributed by atoms with E-state index in [0.29, 0.717) is 33.7 Å². The van der Waals surface area contributed by atoms with Gasteiger partial charge >= 0.3 is 0 Å². The van der Waals surface area contributed by atoms with Gasteiger partial charge in [-0.05, 0) is 42.3 Å². The Labute approximate surface area is 182 Å². The molecule has 0 saturated heterocycles. The summed E-state index contributed by atoms with van der Waals surface area (Å²) in [6, 6.07) is 12.9. The normalized spacial score (nSPS) is 15.6. The van der Waals surface area contributed by atoms with Gasteiger partial charge in [-0.15, -0.1) is 0 Å². The maximum Gasteiger partial charge on any atom is 0.269 e. The number of hydrogen-bond donors (Lipinski definition) is 1. The van der Waals surface area contributed by atoms with Gasteiger partial charge in [-0.25, -0.2) is 4.39 Å². The maximum atomic E-state index is 13.1. The molecule has 0 aliphatic carbocycles. The fourth-order valence-electron chi connectivity index (χ4n) is 3.08. The van der Waals surface area contributed by atoms with E-state index in [9.17, 15) is 9.18 Å². The van der Waals surface area contributed by atoms with E-state index in [1.54, 1.807) is 35.0 Å². The highest BCUT2D eigenvalue weighted by Crippen LogP contribution is 2.23. The van der Waals surface area contributed by atoms with Crippen LogP contribution in [-0.2, 0) is 16.2 Å². The van der Waals surface area contributed by atoms with Crippen molar-refractivity contribution in [2.75, 3.05) is 5.32 Å². The summed E-state index contributed by atoms with van der Waals surface area (Å²) in [6.45, 7) is 2.32. The molecule has 0 radical (unpaired) electrons. The van der Waals surface area contributed by atoms with Gasteiger partial charge < -0.3 is 10.2 Å². The largest absolute Gasteiger partial charge is 0.382 e. The molecule has 2 aromatic carbocycles. The van der Waals surface area contributed by atoms with Crippen molar-refractivity contribution in [3.63, 3.8) is 0 Å². The molecule has 1 N–H and O–H groups in total. The minimum atomic E-state index is -0.777. The van der Waals surface area contributed by atoms with Crippen LogP contribution in [0.4, 0.5) is 10.2 Å². The van der Waals surface area contributed by atoms with Crippen LogP contribution in [-0.4, -0.2) is 27.5 Å². The Bertz CT molecular complexity index is 1130. The molecule has 9 heteroatoms. The van der Waals surface area contributed by atoms with Crippen molar-refractivity contribution in [2.45, 2.75) is 26.0 Å². The van der Waals surface area contributed by atoms with Crippen molar-refractivity contribution in [1.82, 2.24) is 9.78 Å². The van der Waals surface area contributed by atoms with Gasteiger partial charge in [-0.2, -0.15) is 5.10 Å². The van der Waals surface area contributed by atoms with Crippen LogP contribution < -0.4 is 5.32 Å². The number of carbonyl (C=O) groups excluding carboxylic acids is 1. The number of rotatable bonds is 5. The van der Waals surface area contributed by atoms with Gasteiger partial charge in [0.2, 0.25) is 6.10 Å². The maximum absolute atomic E-state index is 13.1. The number of aromatic nitrogens is 2. The van der Waals surface area contributed by atoms with Crippen LogP contribution >= 0.6 is 23.2 Å². The topological polar surface area (TPSA) is 68.5 Å². The third-order valence-corrected chi connectivity index (χ3v) is 5.29. The average molecular weight is 447 g/mol. The first-order valence-electron chi connectivity index (χ1n) is 9.17. The summed E-state index contributed by atoms with van der Waals surface area (Å²) in [7, 11) is 0. The first-order valence-corrected chi connectivity index (χ1v) is 9.92. The predicted molar refractivity (Wildman–Crippen MR) is 114 cm³/mol. The summed E-state index contributed by atoms with van der Waals surface area (Å²) < 4.78 is 14.8. The first-order chi connectivity index (χ1) is 14.4. The van der Waals surface area contributed by atoms with Crippen LogP contribution in [0.15, 0.2) is 53.7 Å². The van der Waals surface area contributed by atoms with Gasteiger partial charge in [-0.3, -0.25) is 9.48 Å². The van der Waals surface area contributed by atoms with Crippen molar-refractivity contribution in [2.24, 2.45) is 5.16 Å². The zero-order chi connectivity index (χ0) is 21.3. The monoisotopic (exact) mass is 446 g/mol. The molecule has 1 aromatic heterocycles. The first kappa shape index (κ1) is 20.4.